The molecule has 2 aromatic carbocycles. The van der Waals surface area contributed by atoms with E-state index in [1.807, 2.05) is 12.1 Å². The first-order chi connectivity index (χ1) is 6.45. The van der Waals surface area contributed by atoms with Crippen molar-refractivity contribution in [3.63, 3.8) is 0 Å². The number of rotatable bonds is 2. The van der Waals surface area contributed by atoms with Gasteiger partial charge < -0.3 is 0 Å². The fourth-order valence-corrected chi connectivity index (χ4v) is 1.29. The summed E-state index contributed by atoms with van der Waals surface area (Å²) >= 11 is 0. The Balaban J connectivity index is 0.000000980. The van der Waals surface area contributed by atoms with Gasteiger partial charge in [0.2, 0.25) is 0 Å². The molecule has 0 aromatic heterocycles. The van der Waals surface area contributed by atoms with Gasteiger partial charge in [-0.2, -0.15) is 0 Å². The maximum absolute atomic E-state index is 2.17. The minimum absolute atomic E-state index is 0. The van der Waals surface area contributed by atoms with E-state index in [-0.39, 0.29) is 27.3 Å². The molecule has 14 heavy (non-hydrogen) atoms. The van der Waals surface area contributed by atoms with Crippen molar-refractivity contribution in [1.82, 2.24) is 0 Å². The monoisotopic (exact) mass is 375 g/mol. The molecule has 0 N–H and O–H groups in total. The summed E-state index contributed by atoms with van der Waals surface area (Å²) in [7, 11) is 2.17. The molecule has 2 heteroatoms. The van der Waals surface area contributed by atoms with Crippen LogP contribution in [0.2, 0.25) is 0 Å². The Kier molecular flexibility index (Phi) is 4.94. The van der Waals surface area contributed by atoms with Crippen LogP contribution in [0.3, 0.4) is 0 Å². The Hall–Kier alpha value is -0.573. The Morgan fingerprint density at radius 3 is 1.29 bits per heavy atom. The third-order valence-corrected chi connectivity index (χ3v) is 1.93. The van der Waals surface area contributed by atoms with Crippen LogP contribution in [0.4, 0.5) is 0 Å². The van der Waals surface area contributed by atoms with Gasteiger partial charge in [0.05, 0.1) is 0 Å². The van der Waals surface area contributed by atoms with Gasteiger partial charge in [0, 0.05) is 0 Å². The molecule has 0 amide bonds. The van der Waals surface area contributed by atoms with Crippen molar-refractivity contribution >= 4 is 45.5 Å². The van der Waals surface area contributed by atoms with Crippen LogP contribution in [-0.2, 0) is 0 Å². The van der Waals surface area contributed by atoms with Crippen molar-refractivity contribution in [2.24, 2.45) is 0 Å². The van der Waals surface area contributed by atoms with Gasteiger partial charge in [0.15, 0.2) is 7.28 Å². The van der Waals surface area contributed by atoms with E-state index in [9.17, 15) is 0 Å². The van der Waals surface area contributed by atoms with Gasteiger partial charge in [-0.1, -0.05) is 71.6 Å². The molecule has 2 aromatic rings. The second-order valence-electron chi connectivity index (χ2n) is 2.97. The molecule has 0 fully saturated rings. The van der Waals surface area contributed by atoms with Crippen molar-refractivity contribution in [3.8, 4) is 0 Å². The van der Waals surface area contributed by atoms with E-state index >= 15 is 0 Å². The molecule has 0 nitrogen and oxygen atoms in total. The Morgan fingerprint density at radius 2 is 0.929 bits per heavy atom. The summed E-state index contributed by atoms with van der Waals surface area (Å²) in [6.45, 7) is 0. The average molecular weight is 374 g/mol. The molecule has 0 aliphatic rings. The first-order valence-electron chi connectivity index (χ1n) is 4.40. The summed E-state index contributed by atoms with van der Waals surface area (Å²) in [5.74, 6) is 0. The second-order valence-corrected chi connectivity index (χ2v) is 2.97. The second kappa shape index (κ2) is 6.01. The molecule has 2 rings (SSSR count). The van der Waals surface area contributed by atoms with E-state index in [1.165, 1.54) is 10.9 Å². The summed E-state index contributed by atoms with van der Waals surface area (Å²) in [5.41, 5.74) is 2.49. The normalized spacial score (nSPS) is 8.86. The molecule has 0 aliphatic heterocycles. The molecule has 3 radical (unpaired) electrons. The predicted octanol–water partition coefficient (Wildman–Crippen LogP) is 0.425. The zero-order valence-electron chi connectivity index (χ0n) is 8.06. The zero-order chi connectivity index (χ0) is 8.93. The number of hydrogen-bond acceptors (Lipinski definition) is 0. The molecule has 0 unspecified atom stereocenters. The summed E-state index contributed by atoms with van der Waals surface area (Å²) in [6.07, 6.45) is 0. The molecule has 0 aliphatic carbocycles. The van der Waals surface area contributed by atoms with Crippen molar-refractivity contribution < 1.29 is 0 Å². The maximum atomic E-state index is 2.17. The molecule has 0 spiro atoms. The SMILES string of the molecule is [B](c1ccccc1)c1ccccc1.[PbH2]. The van der Waals surface area contributed by atoms with E-state index in [1.54, 1.807) is 0 Å². The minimum atomic E-state index is 0. The van der Waals surface area contributed by atoms with Crippen molar-refractivity contribution in [1.29, 1.82) is 0 Å². The molecule has 0 saturated carbocycles. The van der Waals surface area contributed by atoms with E-state index in [4.69, 9.17) is 0 Å². The molecular formula is C12H12BPb. The van der Waals surface area contributed by atoms with Gasteiger partial charge in [-0.25, -0.2) is 0 Å². The fraction of sp³-hybridized carbons (Fsp3) is 0. The average Bonchev–Trinajstić information content (AvgIpc) is 2.21. The summed E-state index contributed by atoms with van der Waals surface area (Å²) < 4.78 is 0. The standard InChI is InChI=1S/C12H10B.Pb.2H/c1-3-7-11(8-4-1)13-12-9-5-2-6-10-12;;;/h1-10H;;;. The molecule has 0 atom stereocenters. The van der Waals surface area contributed by atoms with Crippen LogP contribution >= 0.6 is 0 Å². The Bertz CT molecular complexity index is 321. The van der Waals surface area contributed by atoms with Crippen LogP contribution < -0.4 is 10.9 Å². The van der Waals surface area contributed by atoms with Crippen molar-refractivity contribution in [2.45, 2.75) is 0 Å². The molecule has 0 heterocycles. The van der Waals surface area contributed by atoms with Gasteiger partial charge in [0.25, 0.3) is 0 Å². The van der Waals surface area contributed by atoms with Crippen molar-refractivity contribution in [2.75, 3.05) is 0 Å². The zero-order valence-corrected chi connectivity index (χ0v) is 13.6. The van der Waals surface area contributed by atoms with Crippen LogP contribution in [0.1, 0.15) is 0 Å². The summed E-state index contributed by atoms with van der Waals surface area (Å²) in [4.78, 5) is 0. The van der Waals surface area contributed by atoms with Crippen LogP contribution in [-0.4, -0.2) is 34.6 Å². The first kappa shape index (κ1) is 11.5. The third kappa shape index (κ3) is 3.29. The molecule has 0 saturated heterocycles. The van der Waals surface area contributed by atoms with Crippen LogP contribution in [0.5, 0.6) is 0 Å². The van der Waals surface area contributed by atoms with Gasteiger partial charge in [0.1, 0.15) is 0 Å². The predicted molar refractivity (Wildman–Crippen MR) is 66.5 cm³/mol. The topological polar surface area (TPSA) is 0 Å². The fourth-order valence-electron chi connectivity index (χ4n) is 1.29. The van der Waals surface area contributed by atoms with E-state index < -0.39 is 0 Å². The first-order valence-corrected chi connectivity index (χ1v) is 4.40. The Labute approximate surface area is 106 Å². The summed E-state index contributed by atoms with van der Waals surface area (Å²) in [6, 6.07) is 20.7. The third-order valence-electron chi connectivity index (χ3n) is 1.93. The van der Waals surface area contributed by atoms with Crippen molar-refractivity contribution in [3.05, 3.63) is 60.7 Å². The van der Waals surface area contributed by atoms with Gasteiger partial charge in [-0.15, -0.1) is 0 Å². The van der Waals surface area contributed by atoms with Gasteiger partial charge in [-0.05, 0) is 0 Å². The van der Waals surface area contributed by atoms with Gasteiger partial charge in [-0.3, -0.25) is 0 Å². The van der Waals surface area contributed by atoms with E-state index in [0.29, 0.717) is 0 Å². The molecule has 67 valence electrons. The molecule has 0 bridgehead atoms. The van der Waals surface area contributed by atoms with Crippen LogP contribution in [0.25, 0.3) is 0 Å². The van der Waals surface area contributed by atoms with Crippen LogP contribution in [0, 0.1) is 0 Å². The van der Waals surface area contributed by atoms with E-state index in [0.717, 1.165) is 0 Å². The number of hydrogen-bond donors (Lipinski definition) is 0. The number of benzene rings is 2. The molecular weight excluding hydrogens is 362 g/mol. The van der Waals surface area contributed by atoms with E-state index in [2.05, 4.69) is 55.8 Å². The van der Waals surface area contributed by atoms with Crippen LogP contribution in [0.15, 0.2) is 60.7 Å². The summed E-state index contributed by atoms with van der Waals surface area (Å²) in [5, 5.41) is 0. The van der Waals surface area contributed by atoms with Gasteiger partial charge >= 0.3 is 27.3 Å². The Morgan fingerprint density at radius 1 is 0.571 bits per heavy atom. The quantitative estimate of drug-likeness (QED) is 0.669.